The Kier molecular flexibility index (Phi) is 6.21. The van der Waals surface area contributed by atoms with Gasteiger partial charge in [0.25, 0.3) is 0 Å². The highest BCUT2D eigenvalue weighted by atomic mass is 16.1. The van der Waals surface area contributed by atoms with Crippen molar-refractivity contribution in [2.24, 2.45) is 5.41 Å². The SMILES string of the molecule is CN(C)[C@H](CNC(=O)CC(C)(C)C)Cc1ccccc1. The van der Waals surface area contributed by atoms with Gasteiger partial charge in [-0.3, -0.25) is 4.79 Å². The summed E-state index contributed by atoms with van der Waals surface area (Å²) >= 11 is 0. The van der Waals surface area contributed by atoms with Crippen LogP contribution in [0, 0.1) is 5.41 Å². The molecule has 0 spiro atoms. The number of hydrogen-bond donors (Lipinski definition) is 1. The van der Waals surface area contributed by atoms with E-state index in [1.54, 1.807) is 0 Å². The second-order valence-electron chi connectivity index (χ2n) is 6.85. The first kappa shape index (κ1) is 16.7. The average molecular weight is 276 g/mol. The minimum Gasteiger partial charge on any atom is -0.355 e. The molecule has 0 radical (unpaired) electrons. The summed E-state index contributed by atoms with van der Waals surface area (Å²) in [6, 6.07) is 10.7. The van der Waals surface area contributed by atoms with Crippen LogP contribution >= 0.6 is 0 Å². The van der Waals surface area contributed by atoms with Crippen molar-refractivity contribution in [2.45, 2.75) is 39.7 Å². The van der Waals surface area contributed by atoms with Crippen molar-refractivity contribution in [3.63, 3.8) is 0 Å². The number of carbonyl (C=O) groups is 1. The number of carbonyl (C=O) groups excluding carboxylic acids is 1. The molecule has 0 aromatic heterocycles. The zero-order chi connectivity index (χ0) is 15.2. The van der Waals surface area contributed by atoms with E-state index in [4.69, 9.17) is 0 Å². The quantitative estimate of drug-likeness (QED) is 0.866. The van der Waals surface area contributed by atoms with Gasteiger partial charge in [-0.05, 0) is 31.5 Å². The lowest BCUT2D eigenvalue weighted by molar-refractivity contribution is -0.123. The minimum atomic E-state index is 0.0388. The molecule has 0 saturated heterocycles. The number of amides is 1. The minimum absolute atomic E-state index is 0.0388. The van der Waals surface area contributed by atoms with Crippen molar-refractivity contribution in [1.82, 2.24) is 10.2 Å². The first-order valence-corrected chi connectivity index (χ1v) is 7.25. The third-order valence-electron chi connectivity index (χ3n) is 3.27. The van der Waals surface area contributed by atoms with E-state index in [1.807, 2.05) is 6.07 Å². The second kappa shape index (κ2) is 7.44. The molecule has 20 heavy (non-hydrogen) atoms. The van der Waals surface area contributed by atoms with Crippen LogP contribution in [-0.4, -0.2) is 37.5 Å². The van der Waals surface area contributed by atoms with Crippen LogP contribution in [0.3, 0.4) is 0 Å². The predicted octanol–water partition coefficient (Wildman–Crippen LogP) is 2.71. The van der Waals surface area contributed by atoms with Gasteiger partial charge in [-0.15, -0.1) is 0 Å². The smallest absolute Gasteiger partial charge is 0.220 e. The Balaban J connectivity index is 2.50. The lowest BCUT2D eigenvalue weighted by atomic mass is 9.92. The fourth-order valence-electron chi connectivity index (χ4n) is 2.10. The number of rotatable bonds is 6. The lowest BCUT2D eigenvalue weighted by Crippen LogP contribution is -2.42. The van der Waals surface area contributed by atoms with Crippen LogP contribution in [0.25, 0.3) is 0 Å². The van der Waals surface area contributed by atoms with Gasteiger partial charge in [0.15, 0.2) is 0 Å². The average Bonchev–Trinajstić information content (AvgIpc) is 2.33. The van der Waals surface area contributed by atoms with E-state index in [0.29, 0.717) is 19.0 Å². The highest BCUT2D eigenvalue weighted by Crippen LogP contribution is 2.17. The number of hydrogen-bond acceptors (Lipinski definition) is 2. The Hall–Kier alpha value is -1.35. The highest BCUT2D eigenvalue weighted by Gasteiger charge is 2.18. The summed E-state index contributed by atoms with van der Waals surface area (Å²) < 4.78 is 0. The van der Waals surface area contributed by atoms with E-state index in [2.05, 4.69) is 69.3 Å². The van der Waals surface area contributed by atoms with Crippen LogP contribution in [0.5, 0.6) is 0 Å². The molecule has 0 aliphatic rings. The molecule has 1 aromatic rings. The molecular weight excluding hydrogens is 248 g/mol. The number of benzene rings is 1. The molecular formula is C17H28N2O. The molecule has 3 nitrogen and oxygen atoms in total. The largest absolute Gasteiger partial charge is 0.355 e. The number of nitrogens with zero attached hydrogens (tertiary/aromatic N) is 1. The van der Waals surface area contributed by atoms with Gasteiger partial charge in [-0.1, -0.05) is 51.1 Å². The molecule has 0 heterocycles. The van der Waals surface area contributed by atoms with Gasteiger partial charge < -0.3 is 10.2 Å². The molecule has 1 atom stereocenters. The van der Waals surface area contributed by atoms with Crippen LogP contribution in [-0.2, 0) is 11.2 Å². The molecule has 0 bridgehead atoms. The zero-order valence-corrected chi connectivity index (χ0v) is 13.4. The Morgan fingerprint density at radius 3 is 2.30 bits per heavy atom. The second-order valence-corrected chi connectivity index (χ2v) is 6.85. The van der Waals surface area contributed by atoms with E-state index in [-0.39, 0.29) is 11.3 Å². The van der Waals surface area contributed by atoms with Crippen molar-refractivity contribution in [3.8, 4) is 0 Å². The predicted molar refractivity (Wildman–Crippen MR) is 84.7 cm³/mol. The summed E-state index contributed by atoms with van der Waals surface area (Å²) in [5.74, 6) is 0.136. The van der Waals surface area contributed by atoms with Crippen LogP contribution in [0.15, 0.2) is 30.3 Å². The molecule has 0 aliphatic heterocycles. The van der Waals surface area contributed by atoms with Gasteiger partial charge in [-0.2, -0.15) is 0 Å². The van der Waals surface area contributed by atoms with Crippen molar-refractivity contribution in [1.29, 1.82) is 0 Å². The zero-order valence-electron chi connectivity index (χ0n) is 13.4. The summed E-state index contributed by atoms with van der Waals surface area (Å²) in [6.45, 7) is 6.94. The summed E-state index contributed by atoms with van der Waals surface area (Å²) in [5, 5.41) is 3.06. The Morgan fingerprint density at radius 1 is 1.20 bits per heavy atom. The molecule has 1 N–H and O–H groups in total. The summed E-state index contributed by atoms with van der Waals surface area (Å²) in [7, 11) is 4.12. The van der Waals surface area contributed by atoms with E-state index >= 15 is 0 Å². The van der Waals surface area contributed by atoms with Gasteiger partial charge in [0.1, 0.15) is 0 Å². The van der Waals surface area contributed by atoms with Crippen LogP contribution in [0.4, 0.5) is 0 Å². The number of likely N-dealkylation sites (N-methyl/N-ethyl adjacent to an activating group) is 1. The Labute approximate surface area is 123 Å². The fraction of sp³-hybridized carbons (Fsp3) is 0.588. The van der Waals surface area contributed by atoms with Crippen molar-refractivity contribution < 1.29 is 4.79 Å². The molecule has 0 saturated carbocycles. The fourth-order valence-corrected chi connectivity index (χ4v) is 2.10. The van der Waals surface area contributed by atoms with Gasteiger partial charge in [0.2, 0.25) is 5.91 Å². The van der Waals surface area contributed by atoms with E-state index in [1.165, 1.54) is 5.56 Å². The van der Waals surface area contributed by atoms with Crippen LogP contribution < -0.4 is 5.32 Å². The van der Waals surface area contributed by atoms with Gasteiger partial charge in [0.05, 0.1) is 0 Å². The maximum atomic E-state index is 11.9. The highest BCUT2D eigenvalue weighted by molar-refractivity contribution is 5.76. The summed E-state index contributed by atoms with van der Waals surface area (Å²) in [6.07, 6.45) is 1.52. The van der Waals surface area contributed by atoms with Gasteiger partial charge in [0, 0.05) is 19.0 Å². The molecule has 1 amide bonds. The standard InChI is InChI=1S/C17H28N2O/c1-17(2,3)12-16(20)18-13-15(19(4)5)11-14-9-7-6-8-10-14/h6-10,15H,11-13H2,1-5H3,(H,18,20)/t15-/m0/s1. The molecule has 3 heteroatoms. The normalized spacial score (nSPS) is 13.3. The molecule has 0 aliphatic carbocycles. The third kappa shape index (κ3) is 6.71. The molecule has 1 rings (SSSR count). The summed E-state index contributed by atoms with van der Waals surface area (Å²) in [4.78, 5) is 14.1. The molecule has 1 aromatic carbocycles. The van der Waals surface area contributed by atoms with Crippen LogP contribution in [0.2, 0.25) is 0 Å². The van der Waals surface area contributed by atoms with Crippen molar-refractivity contribution >= 4 is 5.91 Å². The molecule has 0 fully saturated rings. The van der Waals surface area contributed by atoms with E-state index < -0.39 is 0 Å². The maximum Gasteiger partial charge on any atom is 0.220 e. The maximum absolute atomic E-state index is 11.9. The first-order valence-electron chi connectivity index (χ1n) is 7.25. The Morgan fingerprint density at radius 2 is 1.80 bits per heavy atom. The molecule has 0 unspecified atom stereocenters. The van der Waals surface area contributed by atoms with Gasteiger partial charge >= 0.3 is 0 Å². The topological polar surface area (TPSA) is 32.3 Å². The van der Waals surface area contributed by atoms with Gasteiger partial charge in [-0.25, -0.2) is 0 Å². The van der Waals surface area contributed by atoms with E-state index in [0.717, 1.165) is 6.42 Å². The van der Waals surface area contributed by atoms with Crippen LogP contribution in [0.1, 0.15) is 32.8 Å². The monoisotopic (exact) mass is 276 g/mol. The first-order chi connectivity index (χ1) is 9.28. The summed E-state index contributed by atoms with van der Waals surface area (Å²) in [5.41, 5.74) is 1.34. The number of nitrogens with one attached hydrogen (secondary N) is 1. The third-order valence-corrected chi connectivity index (χ3v) is 3.27. The lowest BCUT2D eigenvalue weighted by Gasteiger charge is -2.26. The molecule has 112 valence electrons. The van der Waals surface area contributed by atoms with Crippen molar-refractivity contribution in [3.05, 3.63) is 35.9 Å². The Bertz CT molecular complexity index is 407. The van der Waals surface area contributed by atoms with E-state index in [9.17, 15) is 4.79 Å². The van der Waals surface area contributed by atoms with Crippen molar-refractivity contribution in [2.75, 3.05) is 20.6 Å².